The number of nitrogens with one attached hydrogen (secondary N) is 6. The quantitative estimate of drug-likeness (QED) is 0.0136. The number of amides is 7. The van der Waals surface area contributed by atoms with Gasteiger partial charge in [0, 0.05) is 29.4 Å². The molecule has 2 aromatic carbocycles. The van der Waals surface area contributed by atoms with E-state index in [1.807, 2.05) is 0 Å². The van der Waals surface area contributed by atoms with E-state index in [2.05, 4.69) is 78.9 Å². The van der Waals surface area contributed by atoms with Crippen LogP contribution in [-0.2, 0) is 60.1 Å². The van der Waals surface area contributed by atoms with E-state index in [-0.39, 0.29) is 64.4 Å². The normalized spacial score (nSPS) is 15.2. The van der Waals surface area contributed by atoms with Gasteiger partial charge < -0.3 is 19.5 Å². The number of carbonyl (C=O) groups excluding carboxylic acids is 6. The maximum absolute atomic E-state index is 13.6. The van der Waals surface area contributed by atoms with Crippen LogP contribution in [0.3, 0.4) is 0 Å². The second-order valence-corrected chi connectivity index (χ2v) is 20.4. The van der Waals surface area contributed by atoms with Crippen molar-refractivity contribution in [2.24, 2.45) is 16.8 Å². The number of rotatable bonds is 33. The number of nitrogens with zero attached hydrogens (tertiary/aromatic N) is 3. The molecule has 8 N–H and O–H groups in total. The van der Waals surface area contributed by atoms with Crippen LogP contribution in [0.2, 0.25) is 0 Å². The number of alkyl carbamates (subject to hydrolysis) is 1. The molecule has 392 valence electrons. The predicted octanol–water partition coefficient (Wildman–Crippen LogP) is -0.263. The van der Waals surface area contributed by atoms with Crippen molar-refractivity contribution in [3.05, 3.63) is 69.9 Å². The van der Waals surface area contributed by atoms with Crippen LogP contribution in [-0.4, -0.2) is 151 Å². The van der Waals surface area contributed by atoms with Crippen molar-refractivity contribution in [1.82, 2.24) is 36.6 Å². The summed E-state index contributed by atoms with van der Waals surface area (Å²) in [5.41, 5.74) is 8.83. The van der Waals surface area contributed by atoms with Crippen LogP contribution in [0.25, 0.3) is 11.0 Å². The molecule has 1 saturated heterocycles. The number of hydrogen-bond acceptors (Lipinski definition) is 16. The molecule has 3 atom stereocenters. The average Bonchev–Trinajstić information content (AvgIpc) is 3.81. The van der Waals surface area contributed by atoms with E-state index in [4.69, 9.17) is 34.2 Å². The molecule has 0 aliphatic carbocycles. The van der Waals surface area contributed by atoms with Crippen LogP contribution in [0.1, 0.15) is 54.0 Å². The van der Waals surface area contributed by atoms with Crippen LogP contribution in [0.5, 0.6) is 0 Å². The van der Waals surface area contributed by atoms with Gasteiger partial charge in [-0.1, -0.05) is 37.0 Å². The zero-order valence-corrected chi connectivity index (χ0v) is 44.9. The Morgan fingerprint density at radius 3 is 2.07 bits per heavy atom. The van der Waals surface area contributed by atoms with Crippen LogP contribution >= 0.6 is 31.9 Å². The minimum absolute atomic E-state index is 0.0203. The number of carbonyl (C=O) groups is 6. The average molecular weight is 1240 g/mol. The van der Waals surface area contributed by atoms with Crippen molar-refractivity contribution in [2.45, 2.75) is 59.6 Å². The number of nitroso groups, excluding NO2 is 1. The fourth-order valence-corrected chi connectivity index (χ4v) is 9.72. The summed E-state index contributed by atoms with van der Waals surface area (Å²) < 4.78 is 32.3. The zero-order valence-electron chi connectivity index (χ0n) is 39.6. The third kappa shape index (κ3) is 21.5. The second-order valence-electron chi connectivity index (χ2n) is 16.1. The Bertz CT molecular complexity index is 2210. The van der Waals surface area contributed by atoms with Crippen LogP contribution in [0, 0.1) is 10.8 Å². The zero-order chi connectivity index (χ0) is 51.4. The SMILES string of the molecule is CC(C)[C@H](NC(=O)CCOCCOCCOCCOCCNC(=O)c1ccc2nc(CBr)c(CBr)nc2c1)C(=O)NC([I-]CCNC(N)=O)C(=O)Nc1ccc(COC(=O)NC2(CN=O)CCOC2)cc1. The Balaban J connectivity index is 1.07. The Kier molecular flexibility index (Phi) is 26.8. The summed E-state index contributed by atoms with van der Waals surface area (Å²) in [6.07, 6.45) is -0.311. The number of urea groups is 1. The first-order valence-corrected chi connectivity index (χ1v) is 27.7. The van der Waals surface area contributed by atoms with Gasteiger partial charge in [0.2, 0.25) is 0 Å². The summed E-state index contributed by atoms with van der Waals surface area (Å²) in [6.45, 7) is 6.62. The van der Waals surface area contributed by atoms with Gasteiger partial charge in [-0.05, 0) is 24.6 Å². The molecule has 1 fully saturated rings. The monoisotopic (exact) mass is 1240 g/mol. The molecule has 2 heterocycles. The van der Waals surface area contributed by atoms with Crippen molar-refractivity contribution in [3.8, 4) is 0 Å². The number of fused-ring (bicyclic) bond motifs is 1. The molecule has 1 aliphatic rings. The summed E-state index contributed by atoms with van der Waals surface area (Å²) in [7, 11) is 0. The first-order chi connectivity index (χ1) is 34.3. The standard InChI is InChI=1S/C45H62Br2IN10O13/c1-29(2)38(41(61)57-39(48-11-12-51-43(49)63)42(62)53-32-6-3-30(4-7-32)26-71-44(64)58-45(27-52-65)10-15-70-28-45)56-37(59)9-14-66-17-19-68-21-22-69-20-18-67-16-13-50-40(60)31-5-8-33-34(23-31)55-36(25-47)35(24-46)54-33/h3-8,23,29,38-39H,9-22,24-28H2,1-2H3,(H,50,60)(H,53,62)(H,56,59)(H,57,61)(H,58,64)(H3,49,51,63)/q-1/t38-,39?,45?/m0/s1. The van der Waals surface area contributed by atoms with Gasteiger partial charge in [-0.2, -0.15) is 4.91 Å². The molecule has 23 nitrogen and oxygen atoms in total. The Hall–Kier alpha value is -4.71. The molecule has 0 saturated carbocycles. The molecule has 0 radical (unpaired) electrons. The Morgan fingerprint density at radius 2 is 1.46 bits per heavy atom. The number of anilines is 1. The number of hydrogen-bond donors (Lipinski definition) is 7. The van der Waals surface area contributed by atoms with Crippen LogP contribution in [0.15, 0.2) is 47.6 Å². The summed E-state index contributed by atoms with van der Waals surface area (Å²) in [5.74, 6) is -2.03. The second kappa shape index (κ2) is 32.4. The Labute approximate surface area is 438 Å². The first-order valence-electron chi connectivity index (χ1n) is 22.7. The molecule has 3 aromatic rings. The van der Waals surface area contributed by atoms with Crippen molar-refractivity contribution < 1.29 is 78.4 Å². The number of halogens is 3. The van der Waals surface area contributed by atoms with Gasteiger partial charge in [0.15, 0.2) is 0 Å². The molecule has 0 bridgehead atoms. The molecule has 26 heteroatoms. The summed E-state index contributed by atoms with van der Waals surface area (Å²) in [5, 5.41) is 20.4. The molecule has 0 spiro atoms. The van der Waals surface area contributed by atoms with Gasteiger partial charge in [-0.25, -0.2) is 9.97 Å². The van der Waals surface area contributed by atoms with E-state index in [0.717, 1.165) is 11.4 Å². The first kappa shape index (κ1) is 58.9. The third-order valence-corrected chi connectivity index (χ3v) is 14.3. The van der Waals surface area contributed by atoms with E-state index < -0.39 is 66.7 Å². The molecular formula is C45H62Br2IN10O13-. The van der Waals surface area contributed by atoms with Gasteiger partial charge in [0.1, 0.15) is 6.54 Å². The molecule has 71 heavy (non-hydrogen) atoms. The predicted molar refractivity (Wildman–Crippen MR) is 263 cm³/mol. The van der Waals surface area contributed by atoms with E-state index in [1.165, 1.54) is 0 Å². The van der Waals surface area contributed by atoms with Crippen molar-refractivity contribution in [3.63, 3.8) is 0 Å². The number of aromatic nitrogens is 2. The molecule has 1 aliphatic heterocycles. The number of nitrogens with two attached hydrogens (primary N) is 1. The fourth-order valence-electron chi connectivity index (χ4n) is 6.54. The van der Waals surface area contributed by atoms with E-state index >= 15 is 0 Å². The summed E-state index contributed by atoms with van der Waals surface area (Å²) in [6, 6.07) is 10.1. The fraction of sp³-hybridized carbons (Fsp3) is 0.556. The number of benzene rings is 2. The third-order valence-electron chi connectivity index (χ3n) is 10.3. The van der Waals surface area contributed by atoms with Gasteiger partial charge in [-0.3, -0.25) is 4.79 Å². The van der Waals surface area contributed by atoms with Crippen molar-refractivity contribution in [1.29, 1.82) is 0 Å². The molecule has 4 rings (SSSR count). The minimum atomic E-state index is -1.07. The van der Waals surface area contributed by atoms with Gasteiger partial charge in [0.25, 0.3) is 5.91 Å². The molecule has 1 aromatic heterocycles. The number of ether oxygens (including phenoxy) is 6. The number of primary amides is 1. The molecule has 2 unspecified atom stereocenters. The van der Waals surface area contributed by atoms with Gasteiger partial charge in [-0.15, -0.1) is 0 Å². The van der Waals surface area contributed by atoms with Gasteiger partial charge >= 0.3 is 236 Å². The summed E-state index contributed by atoms with van der Waals surface area (Å²) in [4.78, 5) is 96.4. The topological polar surface area (TPSA) is 311 Å². The van der Waals surface area contributed by atoms with Crippen LogP contribution in [0.4, 0.5) is 15.3 Å². The summed E-state index contributed by atoms with van der Waals surface area (Å²) >= 11 is 5.79. The Morgan fingerprint density at radius 1 is 0.817 bits per heavy atom. The maximum atomic E-state index is 13.6. The molecular weight excluding hydrogens is 1180 g/mol. The van der Waals surface area contributed by atoms with E-state index in [9.17, 15) is 33.7 Å². The van der Waals surface area contributed by atoms with Crippen molar-refractivity contribution in [2.75, 3.05) is 95.4 Å². The van der Waals surface area contributed by atoms with Gasteiger partial charge in [0.05, 0.1) is 62.1 Å². The van der Waals surface area contributed by atoms with Crippen molar-refractivity contribution >= 4 is 84.3 Å². The molecule has 7 amide bonds. The van der Waals surface area contributed by atoms with E-state index in [1.54, 1.807) is 56.3 Å². The number of alkyl halides is 4. The van der Waals surface area contributed by atoms with Crippen LogP contribution < -0.4 is 58.8 Å². The van der Waals surface area contributed by atoms with E-state index in [0.29, 0.717) is 95.5 Å².